The van der Waals surface area contributed by atoms with Gasteiger partial charge in [0, 0.05) is 36.5 Å². The monoisotopic (exact) mass is 397 g/mol. The van der Waals surface area contributed by atoms with Crippen LogP contribution in [0.25, 0.3) is 5.69 Å². The van der Waals surface area contributed by atoms with Gasteiger partial charge in [-0.15, -0.1) is 0 Å². The highest BCUT2D eigenvalue weighted by Gasteiger charge is 2.37. The third-order valence-electron chi connectivity index (χ3n) is 4.97. The number of nitrogens with zero attached hydrogens (tertiary/aromatic N) is 2. The molecule has 1 N–H and O–H groups in total. The second-order valence-corrected chi connectivity index (χ2v) is 8.29. The van der Waals surface area contributed by atoms with Crippen LogP contribution in [-0.2, 0) is 6.42 Å². The van der Waals surface area contributed by atoms with Gasteiger partial charge in [-0.2, -0.15) is 0 Å². The molecule has 3 aromatic rings. The van der Waals surface area contributed by atoms with Gasteiger partial charge in [-0.05, 0) is 30.5 Å². The molecule has 2 aromatic heterocycles. The van der Waals surface area contributed by atoms with Gasteiger partial charge in [0.2, 0.25) is 0 Å². The van der Waals surface area contributed by atoms with Crippen molar-refractivity contribution in [3.63, 3.8) is 0 Å². The van der Waals surface area contributed by atoms with Gasteiger partial charge in [0.25, 0.3) is 5.91 Å². The van der Waals surface area contributed by atoms with E-state index in [1.807, 2.05) is 13.8 Å². The van der Waals surface area contributed by atoms with Gasteiger partial charge in [0.1, 0.15) is 5.76 Å². The Hall–Kier alpha value is -2.86. The van der Waals surface area contributed by atoms with E-state index in [2.05, 4.69) is 10.3 Å². The van der Waals surface area contributed by atoms with E-state index in [9.17, 15) is 9.59 Å². The van der Waals surface area contributed by atoms with Gasteiger partial charge in [-0.25, -0.2) is 4.98 Å². The van der Waals surface area contributed by atoms with Crippen molar-refractivity contribution in [1.82, 2.24) is 9.55 Å². The molecule has 4 rings (SSSR count). The molecule has 0 saturated carbocycles. The average molecular weight is 398 g/mol. The largest absolute Gasteiger partial charge is 0.455 e. The maximum Gasteiger partial charge on any atom is 0.291 e. The van der Waals surface area contributed by atoms with Crippen molar-refractivity contribution >= 4 is 29.0 Å². The van der Waals surface area contributed by atoms with Gasteiger partial charge < -0.3 is 14.3 Å². The Morgan fingerprint density at radius 1 is 1.32 bits per heavy atom. The molecule has 1 aliphatic carbocycles. The minimum atomic E-state index is -0.399. The Morgan fingerprint density at radius 2 is 2.11 bits per heavy atom. The van der Waals surface area contributed by atoms with Crippen LogP contribution >= 0.6 is 11.6 Å². The second-order valence-electron chi connectivity index (χ2n) is 7.89. The summed E-state index contributed by atoms with van der Waals surface area (Å²) in [4.78, 5) is 29.3. The summed E-state index contributed by atoms with van der Waals surface area (Å²) in [7, 11) is 0. The number of halogens is 1. The molecule has 1 aliphatic rings. The Bertz CT molecular complexity index is 1080. The molecule has 0 radical (unpaired) electrons. The van der Waals surface area contributed by atoms with Crippen molar-refractivity contribution in [2.24, 2.45) is 5.41 Å². The molecule has 1 aromatic carbocycles. The molecule has 144 valence electrons. The van der Waals surface area contributed by atoms with Crippen LogP contribution in [0.3, 0.4) is 0 Å². The van der Waals surface area contributed by atoms with Crippen molar-refractivity contribution in [2.45, 2.75) is 33.6 Å². The van der Waals surface area contributed by atoms with Crippen LogP contribution in [0.4, 0.5) is 5.69 Å². The van der Waals surface area contributed by atoms with Gasteiger partial charge in [-0.3, -0.25) is 9.59 Å². The van der Waals surface area contributed by atoms with Crippen molar-refractivity contribution in [1.29, 1.82) is 0 Å². The van der Waals surface area contributed by atoms with Crippen LogP contribution in [0.2, 0.25) is 5.02 Å². The van der Waals surface area contributed by atoms with Gasteiger partial charge in [0.15, 0.2) is 11.5 Å². The quantitative estimate of drug-likeness (QED) is 0.686. The van der Waals surface area contributed by atoms with Gasteiger partial charge >= 0.3 is 0 Å². The summed E-state index contributed by atoms with van der Waals surface area (Å²) >= 11 is 6.35. The lowest BCUT2D eigenvalue weighted by molar-refractivity contribution is 0.0898. The standard InChI is InChI=1S/C21H20ClN3O3/c1-12-18-16(26)9-21(2,3)10-17(18)28-19(12)20(27)24-13-4-5-15(14(22)8-13)25-7-6-23-11-25/h4-8,11H,9-10H2,1-3H3,(H,24,27). The highest BCUT2D eigenvalue weighted by Crippen LogP contribution is 2.38. The number of carbonyl (C=O) groups excluding carboxylic acids is 2. The van der Waals surface area contributed by atoms with E-state index in [-0.39, 0.29) is 17.0 Å². The summed E-state index contributed by atoms with van der Waals surface area (Å²) < 4.78 is 7.60. The number of ketones is 1. The minimum absolute atomic E-state index is 0.0271. The average Bonchev–Trinajstić information content (AvgIpc) is 3.22. The van der Waals surface area contributed by atoms with Crippen molar-refractivity contribution in [3.05, 3.63) is 64.6 Å². The van der Waals surface area contributed by atoms with E-state index in [1.165, 1.54) is 0 Å². The third kappa shape index (κ3) is 3.24. The van der Waals surface area contributed by atoms with E-state index in [4.69, 9.17) is 16.0 Å². The predicted octanol–water partition coefficient (Wildman–Crippen LogP) is 4.83. The lowest BCUT2D eigenvalue weighted by Crippen LogP contribution is -2.26. The molecule has 1 amide bonds. The Kier molecular flexibility index (Phi) is 4.38. The Balaban J connectivity index is 1.60. The second kappa shape index (κ2) is 6.63. The smallest absolute Gasteiger partial charge is 0.291 e. The molecule has 6 nitrogen and oxygen atoms in total. The van der Waals surface area contributed by atoms with E-state index >= 15 is 0 Å². The maximum atomic E-state index is 12.8. The molecule has 7 heteroatoms. The number of amides is 1. The van der Waals surface area contributed by atoms with Gasteiger partial charge in [0.05, 0.1) is 22.6 Å². The van der Waals surface area contributed by atoms with Crippen molar-refractivity contribution in [3.8, 4) is 5.69 Å². The Morgan fingerprint density at radius 3 is 2.79 bits per heavy atom. The number of hydrogen-bond donors (Lipinski definition) is 1. The SMILES string of the molecule is Cc1c(C(=O)Nc2ccc(-n3ccnc3)c(Cl)c2)oc2c1C(=O)CC(C)(C)C2. The highest BCUT2D eigenvalue weighted by atomic mass is 35.5. The van der Waals surface area contributed by atoms with E-state index in [0.717, 1.165) is 5.69 Å². The fourth-order valence-corrected chi connectivity index (χ4v) is 3.96. The summed E-state index contributed by atoms with van der Waals surface area (Å²) in [5, 5.41) is 3.28. The van der Waals surface area contributed by atoms with Crippen LogP contribution in [0, 0.1) is 12.3 Å². The fraction of sp³-hybridized carbons (Fsp3) is 0.286. The molecule has 0 fully saturated rings. The zero-order valence-electron chi connectivity index (χ0n) is 15.9. The molecule has 0 spiro atoms. The number of benzene rings is 1. The van der Waals surface area contributed by atoms with Crippen LogP contribution in [0.1, 0.15) is 52.5 Å². The number of imidazole rings is 1. The molecule has 0 bridgehead atoms. The normalized spacial score (nSPS) is 15.4. The molecule has 0 saturated heterocycles. The number of carbonyl (C=O) groups is 2. The first-order valence-corrected chi connectivity index (χ1v) is 9.38. The lowest BCUT2D eigenvalue weighted by Gasteiger charge is -2.27. The third-order valence-corrected chi connectivity index (χ3v) is 5.27. The zero-order valence-corrected chi connectivity index (χ0v) is 16.6. The fourth-order valence-electron chi connectivity index (χ4n) is 3.68. The van der Waals surface area contributed by atoms with Gasteiger partial charge in [-0.1, -0.05) is 25.4 Å². The minimum Gasteiger partial charge on any atom is -0.455 e. The number of anilines is 1. The molecule has 2 heterocycles. The first-order valence-electron chi connectivity index (χ1n) is 9.00. The summed E-state index contributed by atoms with van der Waals surface area (Å²) in [5.41, 5.74) is 2.28. The van der Waals surface area contributed by atoms with Crippen molar-refractivity contribution < 1.29 is 14.0 Å². The predicted molar refractivity (Wildman–Crippen MR) is 106 cm³/mol. The number of hydrogen-bond acceptors (Lipinski definition) is 4. The number of Topliss-reactive ketones (excluding diaryl/α,β-unsaturated/α-hetero) is 1. The molecule has 0 unspecified atom stereocenters. The molecule has 0 aliphatic heterocycles. The summed E-state index contributed by atoms with van der Waals surface area (Å²) in [6.45, 7) is 5.80. The van der Waals surface area contributed by atoms with Crippen LogP contribution in [0.5, 0.6) is 0 Å². The molecule has 28 heavy (non-hydrogen) atoms. The van der Waals surface area contributed by atoms with E-state index in [0.29, 0.717) is 40.4 Å². The Labute approximate surface area is 167 Å². The highest BCUT2D eigenvalue weighted by molar-refractivity contribution is 6.32. The number of nitrogens with one attached hydrogen (secondary N) is 1. The van der Waals surface area contributed by atoms with Crippen LogP contribution in [0.15, 0.2) is 41.3 Å². The molecular formula is C21H20ClN3O3. The number of fused-ring (bicyclic) bond motifs is 1. The molecular weight excluding hydrogens is 378 g/mol. The maximum absolute atomic E-state index is 12.8. The topological polar surface area (TPSA) is 77.1 Å². The molecule has 0 atom stereocenters. The number of furan rings is 1. The van der Waals surface area contributed by atoms with E-state index < -0.39 is 5.91 Å². The van der Waals surface area contributed by atoms with E-state index in [1.54, 1.807) is 48.4 Å². The zero-order chi connectivity index (χ0) is 20.1. The number of rotatable bonds is 3. The van der Waals surface area contributed by atoms with Crippen molar-refractivity contribution in [2.75, 3.05) is 5.32 Å². The summed E-state index contributed by atoms with van der Waals surface area (Å²) in [6.07, 6.45) is 6.18. The summed E-state index contributed by atoms with van der Waals surface area (Å²) in [6, 6.07) is 5.22. The first-order chi connectivity index (χ1) is 13.2. The van der Waals surface area contributed by atoms with Crippen LogP contribution in [-0.4, -0.2) is 21.2 Å². The summed E-state index contributed by atoms with van der Waals surface area (Å²) in [5.74, 6) is 0.395. The number of aromatic nitrogens is 2. The van der Waals surface area contributed by atoms with Crippen LogP contribution < -0.4 is 5.32 Å². The first kappa shape index (κ1) is 18.5. The lowest BCUT2D eigenvalue weighted by atomic mass is 9.76.